The van der Waals surface area contributed by atoms with Crippen molar-refractivity contribution in [1.82, 2.24) is 5.32 Å². The molecular formula is C14H25NO3S. The molecule has 2 rings (SSSR count). The molecule has 1 N–H and O–H groups in total. The Morgan fingerprint density at radius 2 is 2.32 bits per heavy atom. The highest BCUT2D eigenvalue weighted by Crippen LogP contribution is 2.40. The largest absolute Gasteiger partial charge is 0.468 e. The molecule has 1 saturated carbocycles. The Balaban J connectivity index is 1.89. The molecule has 1 heterocycles. The van der Waals surface area contributed by atoms with Crippen LogP contribution in [0.4, 0.5) is 0 Å². The third-order valence-electron chi connectivity index (χ3n) is 4.29. The number of thioether (sulfide) groups is 1. The molecule has 2 atom stereocenters. The van der Waals surface area contributed by atoms with E-state index in [9.17, 15) is 4.79 Å². The van der Waals surface area contributed by atoms with Crippen molar-refractivity contribution in [3.05, 3.63) is 0 Å². The zero-order valence-corrected chi connectivity index (χ0v) is 12.8. The van der Waals surface area contributed by atoms with Crippen molar-refractivity contribution in [2.24, 2.45) is 5.92 Å². The van der Waals surface area contributed by atoms with Gasteiger partial charge in [0.05, 0.1) is 25.6 Å². The number of esters is 1. The topological polar surface area (TPSA) is 47.6 Å². The minimum Gasteiger partial charge on any atom is -0.468 e. The van der Waals surface area contributed by atoms with Gasteiger partial charge in [-0.25, -0.2) is 0 Å². The number of hydrogen-bond donors (Lipinski definition) is 1. The first-order valence-corrected chi connectivity index (χ1v) is 8.30. The average molecular weight is 287 g/mol. The van der Waals surface area contributed by atoms with E-state index < -0.39 is 5.54 Å². The Morgan fingerprint density at radius 3 is 2.89 bits per heavy atom. The third-order valence-corrected chi connectivity index (χ3v) is 5.50. The van der Waals surface area contributed by atoms with E-state index in [2.05, 4.69) is 12.2 Å². The van der Waals surface area contributed by atoms with Gasteiger partial charge in [-0.1, -0.05) is 13.3 Å². The van der Waals surface area contributed by atoms with E-state index in [0.29, 0.717) is 11.2 Å². The molecule has 0 bridgehead atoms. The van der Waals surface area contributed by atoms with Crippen LogP contribution < -0.4 is 5.32 Å². The maximum absolute atomic E-state index is 12.2. The lowest BCUT2D eigenvalue weighted by Gasteiger charge is -2.34. The fourth-order valence-electron chi connectivity index (χ4n) is 3.23. The highest BCUT2D eigenvalue weighted by atomic mass is 32.2. The van der Waals surface area contributed by atoms with Gasteiger partial charge in [0, 0.05) is 0 Å². The van der Waals surface area contributed by atoms with Crippen LogP contribution in [0.2, 0.25) is 0 Å². The van der Waals surface area contributed by atoms with Crippen LogP contribution in [0.5, 0.6) is 0 Å². The van der Waals surface area contributed by atoms with Crippen molar-refractivity contribution in [3.63, 3.8) is 0 Å². The van der Waals surface area contributed by atoms with E-state index in [1.54, 1.807) is 0 Å². The fourth-order valence-corrected chi connectivity index (χ4v) is 4.37. The number of carbonyl (C=O) groups is 1. The smallest absolute Gasteiger partial charge is 0.326 e. The molecule has 0 amide bonds. The molecule has 1 aliphatic heterocycles. The quantitative estimate of drug-likeness (QED) is 0.724. The molecule has 0 radical (unpaired) electrons. The van der Waals surface area contributed by atoms with E-state index in [1.807, 2.05) is 11.8 Å². The van der Waals surface area contributed by atoms with Gasteiger partial charge >= 0.3 is 5.97 Å². The van der Waals surface area contributed by atoms with E-state index >= 15 is 0 Å². The normalized spacial score (nSPS) is 31.2. The van der Waals surface area contributed by atoms with Gasteiger partial charge in [0.25, 0.3) is 0 Å². The van der Waals surface area contributed by atoms with E-state index in [0.717, 1.165) is 51.2 Å². The van der Waals surface area contributed by atoms with Crippen molar-refractivity contribution in [1.29, 1.82) is 0 Å². The van der Waals surface area contributed by atoms with E-state index in [1.165, 1.54) is 7.11 Å². The van der Waals surface area contributed by atoms with Crippen LogP contribution in [0.1, 0.15) is 32.6 Å². The van der Waals surface area contributed by atoms with Gasteiger partial charge < -0.3 is 14.8 Å². The van der Waals surface area contributed by atoms with Crippen LogP contribution in [-0.4, -0.2) is 49.4 Å². The van der Waals surface area contributed by atoms with Crippen molar-refractivity contribution in [2.75, 3.05) is 32.6 Å². The lowest BCUT2D eigenvalue weighted by atomic mass is 9.85. The fraction of sp³-hybridized carbons (Fsp3) is 0.929. The van der Waals surface area contributed by atoms with Gasteiger partial charge in [0.1, 0.15) is 5.54 Å². The summed E-state index contributed by atoms with van der Waals surface area (Å²) < 4.78 is 10.2. The molecule has 1 aliphatic carbocycles. The zero-order chi connectivity index (χ0) is 13.7. The monoisotopic (exact) mass is 287 g/mol. The van der Waals surface area contributed by atoms with Crippen molar-refractivity contribution >= 4 is 17.7 Å². The first-order valence-electron chi connectivity index (χ1n) is 7.25. The predicted molar refractivity (Wildman–Crippen MR) is 77.4 cm³/mol. The molecule has 19 heavy (non-hydrogen) atoms. The molecule has 0 spiro atoms. The number of rotatable bonds is 7. The van der Waals surface area contributed by atoms with Crippen LogP contribution in [0, 0.1) is 5.92 Å². The zero-order valence-electron chi connectivity index (χ0n) is 11.9. The van der Waals surface area contributed by atoms with Gasteiger partial charge in [-0.15, -0.1) is 0 Å². The molecule has 5 heteroatoms. The number of ether oxygens (including phenoxy) is 2. The Bertz CT molecular complexity index is 309. The lowest BCUT2D eigenvalue weighted by molar-refractivity contribution is -0.150. The van der Waals surface area contributed by atoms with Gasteiger partial charge in [-0.3, -0.25) is 4.79 Å². The van der Waals surface area contributed by atoms with E-state index in [-0.39, 0.29) is 5.97 Å². The summed E-state index contributed by atoms with van der Waals surface area (Å²) in [7, 11) is 1.50. The molecule has 2 aliphatic rings. The Hall–Kier alpha value is -0.260. The summed E-state index contributed by atoms with van der Waals surface area (Å²) in [6.45, 7) is 4.66. The summed E-state index contributed by atoms with van der Waals surface area (Å²) in [5, 5.41) is 4.09. The van der Waals surface area contributed by atoms with Crippen molar-refractivity contribution in [3.8, 4) is 0 Å². The molecule has 2 unspecified atom stereocenters. The molecule has 0 aromatic rings. The lowest BCUT2D eigenvalue weighted by Crippen LogP contribution is -2.55. The van der Waals surface area contributed by atoms with Crippen molar-refractivity contribution in [2.45, 2.75) is 43.4 Å². The Morgan fingerprint density at radius 1 is 1.53 bits per heavy atom. The number of hydrogen-bond acceptors (Lipinski definition) is 5. The second-order valence-corrected chi connectivity index (χ2v) is 6.81. The standard InChI is InChI=1S/C14H25NO3S/c1-3-15-14(13(16)17-2)7-4-5-11(14)6-8-19-12-9-18-10-12/h11-12,15H,3-10H2,1-2H3. The number of nitrogens with one attached hydrogen (secondary N) is 1. The molecule has 2 fully saturated rings. The summed E-state index contributed by atoms with van der Waals surface area (Å²) in [5.41, 5.74) is -0.430. The summed E-state index contributed by atoms with van der Waals surface area (Å²) in [4.78, 5) is 12.2. The van der Waals surface area contributed by atoms with Crippen molar-refractivity contribution < 1.29 is 14.3 Å². The maximum Gasteiger partial charge on any atom is 0.326 e. The number of methoxy groups -OCH3 is 1. The van der Waals surface area contributed by atoms with E-state index in [4.69, 9.17) is 9.47 Å². The van der Waals surface area contributed by atoms with Crippen LogP contribution in [0.25, 0.3) is 0 Å². The highest BCUT2D eigenvalue weighted by Gasteiger charge is 2.48. The third kappa shape index (κ3) is 3.26. The minimum absolute atomic E-state index is 0.0752. The maximum atomic E-state index is 12.2. The van der Waals surface area contributed by atoms with Gasteiger partial charge in [-0.2, -0.15) is 11.8 Å². The molecule has 0 aromatic heterocycles. The SMILES string of the molecule is CCNC1(C(=O)OC)CCCC1CCSC1COC1. The van der Waals surface area contributed by atoms with Crippen LogP contribution >= 0.6 is 11.8 Å². The Kier molecular flexibility index (Phi) is 5.54. The summed E-state index contributed by atoms with van der Waals surface area (Å²) >= 11 is 1.98. The predicted octanol–water partition coefficient (Wildman–Crippen LogP) is 1.83. The van der Waals surface area contributed by atoms with Crippen LogP contribution in [0.15, 0.2) is 0 Å². The Labute approximate surface area is 120 Å². The van der Waals surface area contributed by atoms with Gasteiger partial charge in [-0.05, 0) is 37.5 Å². The number of carbonyl (C=O) groups excluding carboxylic acids is 1. The molecule has 0 aromatic carbocycles. The summed E-state index contributed by atoms with van der Waals surface area (Å²) in [5.74, 6) is 1.45. The molecule has 110 valence electrons. The molecular weight excluding hydrogens is 262 g/mol. The summed E-state index contributed by atoms with van der Waals surface area (Å²) in [6, 6.07) is 0. The average Bonchev–Trinajstić information content (AvgIpc) is 2.76. The van der Waals surface area contributed by atoms with Gasteiger partial charge in [0.2, 0.25) is 0 Å². The first kappa shape index (κ1) is 15.1. The first-order chi connectivity index (χ1) is 9.23. The second kappa shape index (κ2) is 6.95. The highest BCUT2D eigenvalue weighted by molar-refractivity contribution is 8.00. The summed E-state index contributed by atoms with van der Waals surface area (Å²) in [6.07, 6.45) is 4.24. The number of likely N-dealkylation sites (N-methyl/N-ethyl adjacent to an activating group) is 1. The van der Waals surface area contributed by atoms with Crippen LogP contribution in [-0.2, 0) is 14.3 Å². The molecule has 1 saturated heterocycles. The van der Waals surface area contributed by atoms with Crippen LogP contribution in [0.3, 0.4) is 0 Å². The van der Waals surface area contributed by atoms with Gasteiger partial charge in [0.15, 0.2) is 0 Å². The minimum atomic E-state index is -0.430. The second-order valence-electron chi connectivity index (χ2n) is 5.40. The molecule has 4 nitrogen and oxygen atoms in total.